The molecule has 0 fully saturated rings. The topological polar surface area (TPSA) is 105 Å². The highest BCUT2D eigenvalue weighted by Crippen LogP contribution is 2.39. The summed E-state index contributed by atoms with van der Waals surface area (Å²) in [6.45, 7) is 0. The summed E-state index contributed by atoms with van der Waals surface area (Å²) in [5, 5.41) is 15.8. The molecule has 0 unspecified atom stereocenters. The smallest absolute Gasteiger partial charge is 0.179 e. The van der Waals surface area contributed by atoms with Crippen molar-refractivity contribution < 1.29 is 13.5 Å². The molecule has 1 aliphatic heterocycles. The van der Waals surface area contributed by atoms with Gasteiger partial charge in [-0.05, 0) is 47.7 Å². The summed E-state index contributed by atoms with van der Waals surface area (Å²) in [6, 6.07) is 14.3. The third-order valence-corrected chi connectivity index (χ3v) is 7.01. The molecule has 1 aromatic heterocycles. The van der Waals surface area contributed by atoms with Crippen LogP contribution in [0.4, 0.5) is 17.1 Å². The Hall–Kier alpha value is -3.32. The molecule has 140 valence electrons. The summed E-state index contributed by atoms with van der Waals surface area (Å²) >= 11 is 0. The van der Waals surface area contributed by atoms with E-state index in [0.717, 1.165) is 27.4 Å². The van der Waals surface area contributed by atoms with Gasteiger partial charge in [0.15, 0.2) is 9.84 Å². The number of rotatable bonds is 2. The first-order valence-electron chi connectivity index (χ1n) is 8.86. The van der Waals surface area contributed by atoms with Crippen LogP contribution in [0.25, 0.3) is 21.7 Å². The van der Waals surface area contributed by atoms with E-state index in [9.17, 15) is 13.5 Å². The molecule has 5 rings (SSSR count). The molecule has 4 N–H and O–H groups in total. The lowest BCUT2D eigenvalue weighted by atomic mass is 10.0. The molecule has 0 spiro atoms. The largest absolute Gasteiger partial charge is 0.507 e. The fraction of sp³-hybridized carbons (Fsp3) is 0.0952. The number of nitrogens with one attached hydrogen (secondary N) is 1. The van der Waals surface area contributed by atoms with Crippen molar-refractivity contribution in [3.8, 4) is 5.75 Å². The van der Waals surface area contributed by atoms with Gasteiger partial charge in [-0.25, -0.2) is 8.42 Å². The Morgan fingerprint density at radius 1 is 1.11 bits per heavy atom. The molecular formula is C21H17N3O3S. The number of nitrogens with two attached hydrogens (primary N) is 1. The van der Waals surface area contributed by atoms with E-state index in [-0.39, 0.29) is 11.5 Å². The summed E-state index contributed by atoms with van der Waals surface area (Å²) in [5.74, 6) is 0.292. The minimum Gasteiger partial charge on any atom is -0.507 e. The average molecular weight is 391 g/mol. The minimum absolute atomic E-state index is 0.0968. The molecular weight excluding hydrogens is 374 g/mol. The molecule has 0 radical (unpaired) electrons. The van der Waals surface area contributed by atoms with Gasteiger partial charge in [0.25, 0.3) is 0 Å². The predicted octanol–water partition coefficient (Wildman–Crippen LogP) is 3.75. The van der Waals surface area contributed by atoms with Gasteiger partial charge in [0.05, 0.1) is 33.7 Å². The van der Waals surface area contributed by atoms with Gasteiger partial charge in [0.2, 0.25) is 0 Å². The highest BCUT2D eigenvalue weighted by Gasteiger charge is 2.29. The Bertz CT molecular complexity index is 1380. The molecule has 0 atom stereocenters. The van der Waals surface area contributed by atoms with Crippen molar-refractivity contribution in [3.05, 3.63) is 60.3 Å². The normalized spacial score (nSPS) is 15.0. The van der Waals surface area contributed by atoms with Gasteiger partial charge in [0, 0.05) is 16.5 Å². The second-order valence-corrected chi connectivity index (χ2v) is 9.01. The van der Waals surface area contributed by atoms with Crippen LogP contribution in [0.3, 0.4) is 0 Å². The lowest BCUT2D eigenvalue weighted by molar-refractivity contribution is 0.481. The minimum atomic E-state index is -3.26. The van der Waals surface area contributed by atoms with E-state index in [2.05, 4.69) is 10.3 Å². The van der Waals surface area contributed by atoms with Crippen LogP contribution < -0.4 is 11.1 Å². The number of fused-ring (bicyclic) bond motifs is 4. The predicted molar refractivity (Wildman–Crippen MR) is 111 cm³/mol. The number of benzene rings is 3. The number of hydrogen-bond acceptors (Lipinski definition) is 6. The van der Waals surface area contributed by atoms with Crippen molar-refractivity contribution >= 4 is 48.6 Å². The summed E-state index contributed by atoms with van der Waals surface area (Å²) in [7, 11) is -3.26. The van der Waals surface area contributed by atoms with Crippen LogP contribution in [-0.2, 0) is 16.3 Å². The van der Waals surface area contributed by atoms with Gasteiger partial charge in [-0.1, -0.05) is 18.2 Å². The molecule has 6 nitrogen and oxygen atoms in total. The van der Waals surface area contributed by atoms with Crippen LogP contribution in [-0.4, -0.2) is 24.3 Å². The number of nitrogens with zero attached hydrogens (tertiary/aromatic N) is 1. The number of aromatic nitrogens is 1. The number of aromatic hydroxyl groups is 1. The van der Waals surface area contributed by atoms with Gasteiger partial charge in [-0.2, -0.15) is 0 Å². The number of phenolic OH excluding ortho intramolecular Hbond substituents is 1. The SMILES string of the molecule is Nc1cnc2ccc3c(c2c1Nc1ccc2cccc(O)c2c1)CCS3(=O)=O. The maximum absolute atomic E-state index is 12.3. The van der Waals surface area contributed by atoms with Crippen LogP contribution in [0.15, 0.2) is 59.6 Å². The number of hydrogen-bond donors (Lipinski definition) is 3. The zero-order valence-corrected chi connectivity index (χ0v) is 15.6. The Balaban J connectivity index is 1.72. The third-order valence-electron chi connectivity index (χ3n) is 5.21. The number of nitrogen functional groups attached to an aromatic ring is 1. The van der Waals surface area contributed by atoms with Crippen molar-refractivity contribution in [1.82, 2.24) is 4.98 Å². The average Bonchev–Trinajstić information content (AvgIpc) is 2.99. The van der Waals surface area contributed by atoms with Gasteiger partial charge < -0.3 is 16.2 Å². The number of anilines is 3. The first kappa shape index (κ1) is 16.8. The molecule has 3 aromatic carbocycles. The van der Waals surface area contributed by atoms with Gasteiger partial charge in [-0.3, -0.25) is 4.98 Å². The second kappa shape index (κ2) is 5.84. The summed E-state index contributed by atoms with van der Waals surface area (Å²) in [4.78, 5) is 4.73. The van der Waals surface area contributed by atoms with Crippen molar-refractivity contribution in [2.45, 2.75) is 11.3 Å². The van der Waals surface area contributed by atoms with Crippen LogP contribution >= 0.6 is 0 Å². The zero-order chi connectivity index (χ0) is 19.5. The zero-order valence-electron chi connectivity index (χ0n) is 14.8. The number of aryl methyl sites for hydroxylation is 1. The molecule has 0 saturated heterocycles. The second-order valence-electron chi connectivity index (χ2n) is 6.93. The van der Waals surface area contributed by atoms with E-state index >= 15 is 0 Å². The highest BCUT2D eigenvalue weighted by atomic mass is 32.2. The maximum atomic E-state index is 12.3. The molecule has 28 heavy (non-hydrogen) atoms. The lowest BCUT2D eigenvalue weighted by Gasteiger charge is -2.15. The summed E-state index contributed by atoms with van der Waals surface area (Å²) < 4.78 is 24.7. The van der Waals surface area contributed by atoms with E-state index < -0.39 is 9.84 Å². The van der Waals surface area contributed by atoms with Crippen molar-refractivity contribution in [2.75, 3.05) is 16.8 Å². The Kier molecular flexibility index (Phi) is 3.51. The van der Waals surface area contributed by atoms with Gasteiger partial charge >= 0.3 is 0 Å². The molecule has 0 saturated carbocycles. The molecule has 7 heteroatoms. The van der Waals surface area contributed by atoms with E-state index in [4.69, 9.17) is 5.73 Å². The van der Waals surface area contributed by atoms with E-state index in [1.165, 1.54) is 0 Å². The fourth-order valence-corrected chi connectivity index (χ4v) is 5.40. The summed E-state index contributed by atoms with van der Waals surface area (Å²) in [6.07, 6.45) is 2.01. The standard InChI is InChI=1S/C21H17N3O3S/c22-16-11-23-17-6-7-19-14(8-9-28(19,26)27)20(17)21(16)24-13-5-4-12-2-1-3-18(25)15(12)10-13/h1-7,10-11,25H,8-9,22H2,(H,23,24). The van der Waals surface area contributed by atoms with Crippen molar-refractivity contribution in [1.29, 1.82) is 0 Å². The summed E-state index contributed by atoms with van der Waals surface area (Å²) in [5.41, 5.74) is 9.47. The Labute approximate surface area is 161 Å². The first-order chi connectivity index (χ1) is 13.4. The van der Waals surface area contributed by atoms with E-state index in [0.29, 0.717) is 28.2 Å². The van der Waals surface area contributed by atoms with E-state index in [1.807, 2.05) is 24.3 Å². The molecule has 0 bridgehead atoms. The van der Waals surface area contributed by atoms with Crippen LogP contribution in [0.2, 0.25) is 0 Å². The molecule has 4 aromatic rings. The third kappa shape index (κ3) is 2.47. The quantitative estimate of drug-likeness (QED) is 0.481. The molecule has 0 aliphatic carbocycles. The Morgan fingerprint density at radius 3 is 2.82 bits per heavy atom. The number of phenols is 1. The van der Waals surface area contributed by atoms with Crippen molar-refractivity contribution in [2.24, 2.45) is 0 Å². The maximum Gasteiger partial charge on any atom is 0.179 e. The molecule has 0 amide bonds. The van der Waals surface area contributed by atoms with E-state index in [1.54, 1.807) is 30.5 Å². The first-order valence-corrected chi connectivity index (χ1v) is 10.5. The lowest BCUT2D eigenvalue weighted by Crippen LogP contribution is -2.01. The van der Waals surface area contributed by atoms with Gasteiger partial charge in [-0.15, -0.1) is 0 Å². The highest BCUT2D eigenvalue weighted by molar-refractivity contribution is 7.91. The monoisotopic (exact) mass is 391 g/mol. The fourth-order valence-electron chi connectivity index (χ4n) is 3.85. The Morgan fingerprint density at radius 2 is 1.96 bits per heavy atom. The molecule has 1 aliphatic rings. The number of pyridine rings is 1. The van der Waals surface area contributed by atoms with Crippen LogP contribution in [0, 0.1) is 0 Å². The van der Waals surface area contributed by atoms with Crippen molar-refractivity contribution in [3.63, 3.8) is 0 Å². The molecule has 2 heterocycles. The number of sulfone groups is 1. The van der Waals surface area contributed by atoms with Gasteiger partial charge in [0.1, 0.15) is 5.75 Å². The van der Waals surface area contributed by atoms with Crippen LogP contribution in [0.5, 0.6) is 5.75 Å². The van der Waals surface area contributed by atoms with Crippen LogP contribution in [0.1, 0.15) is 5.56 Å².